The number of rotatable bonds is 9. The Morgan fingerprint density at radius 2 is 1.90 bits per heavy atom. The smallest absolute Gasteiger partial charge is 0.338 e. The highest BCUT2D eigenvalue weighted by Crippen LogP contribution is 2.35. The van der Waals surface area contributed by atoms with Crippen molar-refractivity contribution in [2.24, 2.45) is 5.92 Å². The minimum atomic E-state index is -0.624. The van der Waals surface area contributed by atoms with Crippen LogP contribution in [0.15, 0.2) is 47.3 Å². The number of aromatic nitrogens is 2. The molecule has 2 aromatic carbocycles. The molecule has 0 fully saturated rings. The third-order valence-electron chi connectivity index (χ3n) is 6.69. The van der Waals surface area contributed by atoms with Crippen molar-refractivity contribution in [3.8, 4) is 17.2 Å². The lowest BCUT2D eigenvalue weighted by Crippen LogP contribution is -2.20. The van der Waals surface area contributed by atoms with Crippen molar-refractivity contribution in [1.29, 1.82) is 0 Å². The predicted molar refractivity (Wildman–Crippen MR) is 151 cm³/mol. The summed E-state index contributed by atoms with van der Waals surface area (Å²) in [6.07, 6.45) is 2.89. The molecule has 0 unspecified atom stereocenters. The molecular formula is C29H29N3O7S. The van der Waals surface area contributed by atoms with E-state index < -0.39 is 11.9 Å². The Bertz CT molecular complexity index is 1630. The van der Waals surface area contributed by atoms with Crippen molar-refractivity contribution in [2.45, 2.75) is 32.8 Å². The third-order valence-corrected chi connectivity index (χ3v) is 7.84. The van der Waals surface area contributed by atoms with E-state index in [0.29, 0.717) is 27.6 Å². The number of amides is 1. The first-order chi connectivity index (χ1) is 19.4. The average molecular weight is 564 g/mol. The summed E-state index contributed by atoms with van der Waals surface area (Å²) in [7, 11) is 2.95. The van der Waals surface area contributed by atoms with Crippen LogP contribution < -0.4 is 25.1 Å². The number of hydrogen-bond donors (Lipinski definition) is 2. The van der Waals surface area contributed by atoms with E-state index in [0.717, 1.165) is 24.8 Å². The second-order valence-electron chi connectivity index (χ2n) is 9.52. The highest BCUT2D eigenvalue weighted by Gasteiger charge is 2.23. The maximum atomic E-state index is 12.8. The van der Waals surface area contributed by atoms with Crippen molar-refractivity contribution in [3.63, 3.8) is 0 Å². The van der Waals surface area contributed by atoms with E-state index in [-0.39, 0.29) is 41.7 Å². The van der Waals surface area contributed by atoms with E-state index in [9.17, 15) is 14.4 Å². The van der Waals surface area contributed by atoms with Gasteiger partial charge in [0.15, 0.2) is 18.1 Å². The fourth-order valence-electron chi connectivity index (χ4n) is 4.67. The predicted octanol–water partition coefficient (Wildman–Crippen LogP) is 4.50. The molecular weight excluding hydrogens is 534 g/mol. The van der Waals surface area contributed by atoms with Gasteiger partial charge in [0.05, 0.1) is 30.9 Å². The summed E-state index contributed by atoms with van der Waals surface area (Å²) in [5.74, 6) is 0.914. The number of para-hydroxylation sites is 2. The SMILES string of the molecule is COc1ccccc1NC(=O)COc1ccc(C(=O)OCc2nc3sc4c(c3c(=O)[nH]2)CC[C@@H](C)C4)cc1OC. The van der Waals surface area contributed by atoms with Gasteiger partial charge in [0.2, 0.25) is 0 Å². The molecule has 5 rings (SSSR count). The van der Waals surface area contributed by atoms with Crippen LogP contribution in [0.4, 0.5) is 5.69 Å². The number of H-pyrrole nitrogens is 1. The Balaban J connectivity index is 1.22. The highest BCUT2D eigenvalue weighted by atomic mass is 32.1. The molecule has 4 aromatic rings. The summed E-state index contributed by atoms with van der Waals surface area (Å²) in [4.78, 5) is 47.2. The van der Waals surface area contributed by atoms with Gasteiger partial charge in [-0.25, -0.2) is 9.78 Å². The van der Waals surface area contributed by atoms with Crippen LogP contribution in [0.25, 0.3) is 10.2 Å². The average Bonchev–Trinajstić information content (AvgIpc) is 3.32. The summed E-state index contributed by atoms with van der Waals surface area (Å²) in [5, 5.41) is 3.38. The van der Waals surface area contributed by atoms with Gasteiger partial charge in [0.25, 0.3) is 11.5 Å². The first-order valence-corrected chi connectivity index (χ1v) is 13.6. The van der Waals surface area contributed by atoms with E-state index in [1.54, 1.807) is 35.6 Å². The summed E-state index contributed by atoms with van der Waals surface area (Å²) in [6.45, 7) is 1.74. The minimum absolute atomic E-state index is 0.188. The summed E-state index contributed by atoms with van der Waals surface area (Å²) < 4.78 is 21.6. The summed E-state index contributed by atoms with van der Waals surface area (Å²) >= 11 is 1.54. The molecule has 2 N–H and O–H groups in total. The molecule has 1 aliphatic carbocycles. The summed E-state index contributed by atoms with van der Waals surface area (Å²) in [5.41, 5.74) is 1.63. The standard InChI is InChI=1S/C29H29N3O7S/c1-16-8-10-18-23(12-16)40-28-26(18)27(34)31-24(32-28)14-39-29(35)17-9-11-21(22(13-17)37-3)38-15-25(33)30-19-6-4-5-7-20(19)36-2/h4-7,9,11,13,16H,8,10,12,14-15H2,1-3H3,(H,30,33)(H,31,32,34)/t16-/m1/s1. The zero-order valence-electron chi connectivity index (χ0n) is 22.4. The number of nitrogens with zero attached hydrogens (tertiary/aromatic N) is 1. The topological polar surface area (TPSA) is 129 Å². The fraction of sp³-hybridized carbons (Fsp3) is 0.310. The van der Waals surface area contributed by atoms with Gasteiger partial charge < -0.3 is 29.2 Å². The van der Waals surface area contributed by atoms with Crippen LogP contribution in [0.5, 0.6) is 17.2 Å². The number of anilines is 1. The summed E-state index contributed by atoms with van der Waals surface area (Å²) in [6, 6.07) is 11.5. The molecule has 0 radical (unpaired) electrons. The highest BCUT2D eigenvalue weighted by molar-refractivity contribution is 7.18. The van der Waals surface area contributed by atoms with Gasteiger partial charge in [0, 0.05) is 4.88 Å². The number of nitrogens with one attached hydrogen (secondary N) is 2. The molecule has 0 aliphatic heterocycles. The molecule has 2 aromatic heterocycles. The van der Waals surface area contributed by atoms with Crippen molar-refractivity contribution in [1.82, 2.24) is 9.97 Å². The van der Waals surface area contributed by atoms with Crippen molar-refractivity contribution in [3.05, 3.63) is 74.6 Å². The molecule has 10 nitrogen and oxygen atoms in total. The van der Waals surface area contributed by atoms with Crippen LogP contribution in [0.2, 0.25) is 0 Å². The van der Waals surface area contributed by atoms with Crippen molar-refractivity contribution < 1.29 is 28.5 Å². The monoisotopic (exact) mass is 563 g/mol. The number of thiophene rings is 1. The number of methoxy groups -OCH3 is 2. The van der Waals surface area contributed by atoms with E-state index in [1.165, 1.54) is 37.3 Å². The number of aromatic amines is 1. The Morgan fingerprint density at radius 3 is 2.70 bits per heavy atom. The molecule has 0 saturated heterocycles. The Hall–Kier alpha value is -4.38. The number of esters is 1. The molecule has 2 heterocycles. The van der Waals surface area contributed by atoms with E-state index in [1.807, 2.05) is 0 Å². The number of carbonyl (C=O) groups is 2. The van der Waals surface area contributed by atoms with Gasteiger partial charge in [-0.2, -0.15) is 0 Å². The van der Waals surface area contributed by atoms with E-state index >= 15 is 0 Å². The molecule has 0 saturated carbocycles. The molecule has 208 valence electrons. The molecule has 1 aliphatic rings. The maximum absolute atomic E-state index is 12.8. The number of carbonyl (C=O) groups excluding carboxylic acids is 2. The number of benzene rings is 2. The third kappa shape index (κ3) is 5.79. The Kier molecular flexibility index (Phi) is 8.01. The lowest BCUT2D eigenvalue weighted by molar-refractivity contribution is -0.118. The van der Waals surface area contributed by atoms with E-state index in [2.05, 4.69) is 22.2 Å². The number of aryl methyl sites for hydroxylation is 1. The fourth-order valence-corrected chi connectivity index (χ4v) is 6.07. The van der Waals surface area contributed by atoms with E-state index in [4.69, 9.17) is 18.9 Å². The van der Waals surface area contributed by atoms with Crippen molar-refractivity contribution in [2.75, 3.05) is 26.1 Å². The first kappa shape index (κ1) is 27.2. The van der Waals surface area contributed by atoms with Gasteiger partial charge in [-0.05, 0) is 61.1 Å². The minimum Gasteiger partial charge on any atom is -0.495 e. The second-order valence-corrected chi connectivity index (χ2v) is 10.6. The van der Waals surface area contributed by atoms with Crippen LogP contribution in [0, 0.1) is 5.92 Å². The second kappa shape index (κ2) is 11.8. The molecule has 0 bridgehead atoms. The Labute approximate surface area is 234 Å². The van der Waals surface area contributed by atoms with Gasteiger partial charge in [-0.1, -0.05) is 19.1 Å². The zero-order chi connectivity index (χ0) is 28.2. The molecule has 40 heavy (non-hydrogen) atoms. The zero-order valence-corrected chi connectivity index (χ0v) is 23.2. The largest absolute Gasteiger partial charge is 0.495 e. The van der Waals surface area contributed by atoms with Crippen LogP contribution in [0.1, 0.15) is 40.0 Å². The van der Waals surface area contributed by atoms with Gasteiger partial charge in [0.1, 0.15) is 23.0 Å². The number of hydrogen-bond acceptors (Lipinski definition) is 9. The molecule has 0 spiro atoms. The van der Waals surface area contributed by atoms with Gasteiger partial charge in [-0.15, -0.1) is 11.3 Å². The number of fused-ring (bicyclic) bond motifs is 3. The van der Waals surface area contributed by atoms with Crippen LogP contribution in [-0.4, -0.2) is 42.7 Å². The number of ether oxygens (including phenoxy) is 4. The van der Waals surface area contributed by atoms with Crippen LogP contribution in [-0.2, 0) is 29.0 Å². The first-order valence-electron chi connectivity index (χ1n) is 12.8. The molecule has 1 atom stereocenters. The van der Waals surface area contributed by atoms with Crippen LogP contribution >= 0.6 is 11.3 Å². The lowest BCUT2D eigenvalue weighted by atomic mass is 9.89. The maximum Gasteiger partial charge on any atom is 0.338 e. The molecule has 11 heteroatoms. The molecule has 1 amide bonds. The lowest BCUT2D eigenvalue weighted by Gasteiger charge is -2.17. The van der Waals surface area contributed by atoms with Gasteiger partial charge >= 0.3 is 5.97 Å². The quantitative estimate of drug-likeness (QED) is 0.285. The Morgan fingerprint density at radius 1 is 1.10 bits per heavy atom. The normalized spacial score (nSPS) is 14.3. The van der Waals surface area contributed by atoms with Crippen LogP contribution in [0.3, 0.4) is 0 Å². The van der Waals surface area contributed by atoms with Crippen molar-refractivity contribution >= 4 is 39.1 Å². The van der Waals surface area contributed by atoms with Gasteiger partial charge in [-0.3, -0.25) is 9.59 Å².